The van der Waals surface area contributed by atoms with Gasteiger partial charge in [-0.25, -0.2) is 0 Å². The molecule has 0 radical (unpaired) electrons. The van der Waals surface area contributed by atoms with Crippen LogP contribution in [0.1, 0.15) is 37.3 Å². The van der Waals surface area contributed by atoms with E-state index < -0.39 is 0 Å². The van der Waals surface area contributed by atoms with E-state index in [1.807, 2.05) is 49.4 Å². The zero-order chi connectivity index (χ0) is 26.7. The third kappa shape index (κ3) is 11.3. The molecule has 7 heteroatoms. The van der Waals surface area contributed by atoms with Crippen molar-refractivity contribution in [2.45, 2.75) is 32.6 Å². The van der Waals surface area contributed by atoms with Gasteiger partial charge in [-0.05, 0) is 87.2 Å². The molecule has 2 N–H and O–H groups in total. The van der Waals surface area contributed by atoms with Crippen LogP contribution in [0.5, 0.6) is 11.5 Å². The Balaban J connectivity index is 1.60. The number of nitriles is 1. The minimum atomic E-state index is 0.0785. The quantitative estimate of drug-likeness (QED) is 0.0998. The first-order chi connectivity index (χ1) is 18.1. The average molecular weight is 506 g/mol. The second kappa shape index (κ2) is 17.8. The van der Waals surface area contributed by atoms with Gasteiger partial charge in [0.15, 0.2) is 6.29 Å². The number of hydrogen-bond acceptors (Lipinski definition) is 7. The Labute approximate surface area is 221 Å². The molecule has 0 saturated carbocycles. The highest BCUT2D eigenvalue weighted by Gasteiger charge is 2.06. The van der Waals surface area contributed by atoms with Gasteiger partial charge in [0.1, 0.15) is 17.6 Å². The maximum Gasteiger partial charge on any atom is 0.160 e. The minimum Gasteiger partial charge on any atom is -0.494 e. The van der Waals surface area contributed by atoms with Crippen molar-refractivity contribution in [3.63, 3.8) is 0 Å². The summed E-state index contributed by atoms with van der Waals surface area (Å²) >= 11 is 0. The number of unbranched alkanes of at least 4 members (excludes halogenated alkanes) is 1. The molecular formula is C30H39N3O4. The largest absolute Gasteiger partial charge is 0.494 e. The smallest absolute Gasteiger partial charge is 0.160 e. The molecule has 0 unspecified atom stereocenters. The summed E-state index contributed by atoms with van der Waals surface area (Å²) in [5, 5.41) is 15.6. The van der Waals surface area contributed by atoms with E-state index >= 15 is 0 Å². The van der Waals surface area contributed by atoms with Crippen molar-refractivity contribution in [2.24, 2.45) is 0 Å². The van der Waals surface area contributed by atoms with E-state index in [0.717, 1.165) is 73.7 Å². The zero-order valence-corrected chi connectivity index (χ0v) is 22.2. The Morgan fingerprint density at radius 1 is 0.919 bits per heavy atom. The van der Waals surface area contributed by atoms with E-state index in [0.29, 0.717) is 19.5 Å². The number of rotatable bonds is 18. The molecule has 0 fully saturated rings. The van der Waals surface area contributed by atoms with Gasteiger partial charge in [-0.15, -0.1) is 0 Å². The number of carbonyl (C=O) groups excluding carboxylic acids is 1. The summed E-state index contributed by atoms with van der Waals surface area (Å²) in [4.78, 5) is 11.0. The van der Waals surface area contributed by atoms with Crippen molar-refractivity contribution >= 4 is 11.9 Å². The number of aldehydes is 1. The van der Waals surface area contributed by atoms with Crippen LogP contribution in [0.15, 0.2) is 65.9 Å². The predicted octanol–water partition coefficient (Wildman–Crippen LogP) is 4.69. The van der Waals surface area contributed by atoms with Crippen molar-refractivity contribution in [2.75, 3.05) is 47.1 Å². The maximum absolute atomic E-state index is 11.0. The summed E-state index contributed by atoms with van der Waals surface area (Å²) in [5.41, 5.74) is 3.90. The minimum absolute atomic E-state index is 0.0785. The maximum atomic E-state index is 11.0. The molecule has 0 aliphatic rings. The Bertz CT molecular complexity index is 1040. The predicted molar refractivity (Wildman–Crippen MR) is 148 cm³/mol. The SMILES string of the molecule is CN/C(C)=C(\C=C(\C#N)C=O)c1ccc(OCCCCNCCCOc2ccc(CCOC)cc2)cc1. The van der Waals surface area contributed by atoms with Crippen molar-refractivity contribution < 1.29 is 19.0 Å². The first-order valence-electron chi connectivity index (χ1n) is 12.7. The van der Waals surface area contributed by atoms with Crippen molar-refractivity contribution in [3.8, 4) is 17.6 Å². The summed E-state index contributed by atoms with van der Waals surface area (Å²) in [5.74, 6) is 1.70. The van der Waals surface area contributed by atoms with E-state index in [9.17, 15) is 4.79 Å². The van der Waals surface area contributed by atoms with E-state index in [-0.39, 0.29) is 5.57 Å². The van der Waals surface area contributed by atoms with Crippen LogP contribution in [0.25, 0.3) is 5.57 Å². The Hall–Kier alpha value is -3.60. The fourth-order valence-corrected chi connectivity index (χ4v) is 3.55. The van der Waals surface area contributed by atoms with Crippen molar-refractivity contribution in [1.29, 1.82) is 5.26 Å². The first-order valence-corrected chi connectivity index (χ1v) is 12.7. The number of benzene rings is 2. The fourth-order valence-electron chi connectivity index (χ4n) is 3.55. The highest BCUT2D eigenvalue weighted by Crippen LogP contribution is 2.23. The molecule has 0 spiro atoms. The molecule has 0 aliphatic heterocycles. The highest BCUT2D eigenvalue weighted by molar-refractivity contribution is 5.87. The van der Waals surface area contributed by atoms with Gasteiger partial charge in [0.25, 0.3) is 0 Å². The molecule has 7 nitrogen and oxygen atoms in total. The van der Waals surface area contributed by atoms with Crippen LogP contribution in [0.4, 0.5) is 0 Å². The lowest BCUT2D eigenvalue weighted by Gasteiger charge is -2.11. The standard InChI is InChI=1S/C30H39N3O4/c1-24(32-2)30(21-26(22-31)23-34)27-9-13-29(14-10-27)36-18-5-4-16-33-17-6-19-37-28-11-7-25(8-12-28)15-20-35-3/h7-14,21,23,32-33H,4-6,15-20H2,1-3H3/b26-21-,30-24+. The molecule has 0 aromatic heterocycles. The normalized spacial score (nSPS) is 11.9. The Morgan fingerprint density at radius 2 is 1.54 bits per heavy atom. The van der Waals surface area contributed by atoms with Gasteiger partial charge in [0, 0.05) is 25.4 Å². The lowest BCUT2D eigenvalue weighted by Crippen LogP contribution is -2.19. The Morgan fingerprint density at radius 3 is 2.14 bits per heavy atom. The highest BCUT2D eigenvalue weighted by atomic mass is 16.5. The summed E-state index contributed by atoms with van der Waals surface area (Å²) in [6.07, 6.45) is 6.01. The number of carbonyl (C=O) groups is 1. The summed E-state index contributed by atoms with van der Waals surface area (Å²) < 4.78 is 16.8. The second-order valence-corrected chi connectivity index (χ2v) is 8.54. The number of methoxy groups -OCH3 is 1. The third-order valence-electron chi connectivity index (χ3n) is 5.80. The third-order valence-corrected chi connectivity index (χ3v) is 5.80. The van der Waals surface area contributed by atoms with Gasteiger partial charge in [0.05, 0.1) is 25.4 Å². The van der Waals surface area contributed by atoms with Gasteiger partial charge >= 0.3 is 0 Å². The van der Waals surface area contributed by atoms with Gasteiger partial charge in [-0.3, -0.25) is 4.79 Å². The molecule has 37 heavy (non-hydrogen) atoms. The van der Waals surface area contributed by atoms with Crippen molar-refractivity contribution in [1.82, 2.24) is 10.6 Å². The molecule has 2 aromatic rings. The number of nitrogens with zero attached hydrogens (tertiary/aromatic N) is 1. The molecule has 0 atom stereocenters. The molecule has 198 valence electrons. The fraction of sp³-hybridized carbons (Fsp3) is 0.400. The van der Waals surface area contributed by atoms with Crippen LogP contribution >= 0.6 is 0 Å². The van der Waals surface area contributed by atoms with Gasteiger partial charge < -0.3 is 24.8 Å². The first kappa shape index (κ1) is 29.6. The molecular weight excluding hydrogens is 466 g/mol. The average Bonchev–Trinajstić information content (AvgIpc) is 2.94. The van der Waals surface area contributed by atoms with Gasteiger partial charge in [-0.2, -0.15) is 5.26 Å². The molecule has 0 amide bonds. The summed E-state index contributed by atoms with van der Waals surface area (Å²) in [7, 11) is 3.52. The molecule has 0 aliphatic carbocycles. The van der Waals surface area contributed by atoms with E-state index in [1.165, 1.54) is 5.56 Å². The number of ether oxygens (including phenoxy) is 3. The molecule has 0 bridgehead atoms. The van der Waals surface area contributed by atoms with E-state index in [4.69, 9.17) is 19.5 Å². The van der Waals surface area contributed by atoms with Gasteiger partial charge in [-0.1, -0.05) is 24.3 Å². The molecule has 0 heterocycles. The lowest BCUT2D eigenvalue weighted by molar-refractivity contribution is -0.104. The number of nitrogens with one attached hydrogen (secondary N) is 2. The van der Waals surface area contributed by atoms with E-state index in [2.05, 4.69) is 22.8 Å². The topological polar surface area (TPSA) is 92.6 Å². The molecule has 2 rings (SSSR count). The Kier molecular flexibility index (Phi) is 14.2. The monoisotopic (exact) mass is 505 g/mol. The molecule has 2 aromatic carbocycles. The number of allylic oxidation sites excluding steroid dienone is 4. The van der Waals surface area contributed by atoms with Crippen molar-refractivity contribution in [3.05, 3.63) is 77.0 Å². The summed E-state index contributed by atoms with van der Waals surface area (Å²) in [6, 6.07) is 17.8. The van der Waals surface area contributed by atoms with Crippen LogP contribution in [0.2, 0.25) is 0 Å². The lowest BCUT2D eigenvalue weighted by atomic mass is 10.0. The van der Waals surface area contributed by atoms with Crippen LogP contribution in [0, 0.1) is 11.3 Å². The van der Waals surface area contributed by atoms with Crippen LogP contribution in [-0.4, -0.2) is 53.4 Å². The van der Waals surface area contributed by atoms with Crippen LogP contribution < -0.4 is 20.1 Å². The van der Waals surface area contributed by atoms with Crippen LogP contribution in [0.3, 0.4) is 0 Å². The summed E-state index contributed by atoms with van der Waals surface area (Å²) in [6.45, 7) is 5.83. The second-order valence-electron chi connectivity index (χ2n) is 8.54. The van der Waals surface area contributed by atoms with Gasteiger partial charge in [0.2, 0.25) is 0 Å². The van der Waals surface area contributed by atoms with Crippen LogP contribution in [-0.2, 0) is 16.0 Å². The van der Waals surface area contributed by atoms with E-state index in [1.54, 1.807) is 20.2 Å². The number of hydrogen-bond donors (Lipinski definition) is 2. The molecule has 0 saturated heterocycles. The zero-order valence-electron chi connectivity index (χ0n) is 22.2.